The van der Waals surface area contributed by atoms with E-state index in [1.54, 1.807) is 36.3 Å². The van der Waals surface area contributed by atoms with Crippen LogP contribution in [-0.4, -0.2) is 49.1 Å². The monoisotopic (exact) mass is 390 g/mol. The van der Waals surface area contributed by atoms with Crippen LogP contribution in [-0.2, 0) is 23.2 Å². The second-order valence-electron chi connectivity index (χ2n) is 4.92. The molecule has 2 aromatic heterocycles. The van der Waals surface area contributed by atoms with Crippen molar-refractivity contribution in [2.24, 2.45) is 7.05 Å². The van der Waals surface area contributed by atoms with Crippen molar-refractivity contribution >= 4 is 23.7 Å². The summed E-state index contributed by atoms with van der Waals surface area (Å²) < 4.78 is 34.7. The van der Waals surface area contributed by atoms with E-state index in [1.165, 1.54) is 10.9 Å². The highest BCUT2D eigenvalue weighted by molar-refractivity contribution is 6.03. The fourth-order valence-electron chi connectivity index (χ4n) is 1.55. The number of aliphatic carboxylic acids is 2. The molecule has 0 unspecified atom stereocenters. The number of alkyl halides is 3. The molecule has 2 heterocycles. The molecule has 2 aromatic rings. The van der Waals surface area contributed by atoms with Crippen molar-refractivity contribution < 1.29 is 42.4 Å². The summed E-state index contributed by atoms with van der Waals surface area (Å²) in [6.45, 7) is 0.263. The standard InChI is InChI=1S/C12H13N5O3.C2HF3O2/c1-16-10(2-5-13-16)15-12(20)9-3-6-17(14-8-9)7-4-11(18)19;3-2(4,5)1(6)7/h2-3,5-6,8H,4,7H2,1H3,(H-,13,14,15,18,19,20);(H,6,7)/p+1. The Hall–Kier alpha value is -3.51. The number of carboxylic acid groups (broad SMARTS) is 2. The van der Waals surface area contributed by atoms with Crippen LogP contribution in [0.5, 0.6) is 0 Å². The largest absolute Gasteiger partial charge is 0.490 e. The van der Waals surface area contributed by atoms with Gasteiger partial charge in [-0.3, -0.25) is 14.3 Å². The van der Waals surface area contributed by atoms with E-state index in [1.807, 2.05) is 0 Å². The second-order valence-corrected chi connectivity index (χ2v) is 4.92. The number of amides is 1. The van der Waals surface area contributed by atoms with E-state index in [4.69, 9.17) is 15.0 Å². The number of anilines is 1. The summed E-state index contributed by atoms with van der Waals surface area (Å²) in [5, 5.41) is 26.3. The quantitative estimate of drug-likeness (QED) is 0.631. The van der Waals surface area contributed by atoms with E-state index in [9.17, 15) is 22.8 Å². The first-order valence-corrected chi connectivity index (χ1v) is 7.17. The summed E-state index contributed by atoms with van der Waals surface area (Å²) in [4.78, 5) is 31.3. The fraction of sp³-hybridized carbons (Fsp3) is 0.286. The van der Waals surface area contributed by atoms with Gasteiger partial charge in [-0.25, -0.2) is 4.79 Å². The smallest absolute Gasteiger partial charge is 0.481 e. The van der Waals surface area contributed by atoms with Crippen LogP contribution in [0.25, 0.3) is 0 Å². The van der Waals surface area contributed by atoms with E-state index in [0.717, 1.165) is 0 Å². The molecule has 0 aromatic carbocycles. The zero-order chi connectivity index (χ0) is 20.6. The number of aromatic nitrogens is 4. The Bertz CT molecular complexity index is 804. The highest BCUT2D eigenvalue weighted by Crippen LogP contribution is 2.13. The van der Waals surface area contributed by atoms with Gasteiger partial charge in [0, 0.05) is 19.2 Å². The maximum Gasteiger partial charge on any atom is 0.490 e. The van der Waals surface area contributed by atoms with Gasteiger partial charge in [-0.2, -0.15) is 18.3 Å². The number of rotatable bonds is 5. The molecule has 3 N–H and O–H groups in total. The minimum absolute atomic E-state index is 0.0156. The SMILES string of the molecule is Cn1nccc1NC(=O)c1cc[n+](CCC(=O)O)nc1.O=C(O)C(F)(F)F. The van der Waals surface area contributed by atoms with Crippen LogP contribution in [0.2, 0.25) is 0 Å². The molecule has 0 aliphatic rings. The number of hydrogen-bond donors (Lipinski definition) is 3. The minimum Gasteiger partial charge on any atom is -0.481 e. The normalized spacial score (nSPS) is 10.5. The fourth-order valence-corrected chi connectivity index (χ4v) is 1.55. The van der Waals surface area contributed by atoms with Gasteiger partial charge >= 0.3 is 18.1 Å². The summed E-state index contributed by atoms with van der Waals surface area (Å²) in [6, 6.07) is 3.27. The number of halogens is 3. The average molecular weight is 390 g/mol. The number of carbonyl (C=O) groups is 3. The first-order valence-electron chi connectivity index (χ1n) is 7.17. The molecule has 13 heteroatoms. The Labute approximate surface area is 149 Å². The number of nitrogens with one attached hydrogen (secondary N) is 1. The van der Waals surface area contributed by atoms with Crippen LogP contribution in [0, 0.1) is 0 Å². The summed E-state index contributed by atoms with van der Waals surface area (Å²) in [6.07, 6.45) is -0.550. The Morgan fingerprint density at radius 3 is 2.30 bits per heavy atom. The van der Waals surface area contributed by atoms with Crippen molar-refractivity contribution in [3.63, 3.8) is 0 Å². The Kier molecular flexibility index (Phi) is 7.39. The highest BCUT2D eigenvalue weighted by atomic mass is 19.4. The van der Waals surface area contributed by atoms with Crippen molar-refractivity contribution in [1.29, 1.82) is 0 Å². The molecule has 0 bridgehead atoms. The number of carboxylic acids is 2. The molecule has 0 aliphatic carbocycles. The summed E-state index contributed by atoms with van der Waals surface area (Å²) in [5.41, 5.74) is 0.387. The molecular formula is C14H15F3N5O5+. The number of aryl methyl sites for hydroxylation is 2. The zero-order valence-electron chi connectivity index (χ0n) is 13.8. The highest BCUT2D eigenvalue weighted by Gasteiger charge is 2.38. The van der Waals surface area contributed by atoms with Crippen molar-refractivity contribution in [1.82, 2.24) is 14.9 Å². The third-order valence-electron chi connectivity index (χ3n) is 2.89. The van der Waals surface area contributed by atoms with Crippen LogP contribution in [0.1, 0.15) is 16.8 Å². The van der Waals surface area contributed by atoms with Crippen LogP contribution in [0.4, 0.5) is 19.0 Å². The predicted octanol–water partition coefficient (Wildman–Crippen LogP) is 0.463. The lowest BCUT2D eigenvalue weighted by atomic mass is 10.3. The van der Waals surface area contributed by atoms with E-state index in [0.29, 0.717) is 11.4 Å². The van der Waals surface area contributed by atoms with E-state index < -0.39 is 18.1 Å². The van der Waals surface area contributed by atoms with Crippen molar-refractivity contribution in [2.45, 2.75) is 19.1 Å². The second kappa shape index (κ2) is 9.26. The van der Waals surface area contributed by atoms with Gasteiger partial charge in [-0.15, -0.1) is 0 Å². The molecule has 146 valence electrons. The van der Waals surface area contributed by atoms with Gasteiger partial charge in [0.1, 0.15) is 18.4 Å². The maximum absolute atomic E-state index is 11.9. The van der Waals surface area contributed by atoms with Gasteiger partial charge in [-0.05, 0) is 5.10 Å². The molecule has 0 saturated carbocycles. The van der Waals surface area contributed by atoms with Crippen LogP contribution >= 0.6 is 0 Å². The number of carbonyl (C=O) groups excluding carboxylic acids is 1. The average Bonchev–Trinajstić information content (AvgIpc) is 2.98. The molecule has 0 fully saturated rings. The molecular weight excluding hydrogens is 375 g/mol. The van der Waals surface area contributed by atoms with Gasteiger partial charge in [0.25, 0.3) is 5.91 Å². The third-order valence-corrected chi connectivity index (χ3v) is 2.89. The van der Waals surface area contributed by atoms with Crippen LogP contribution < -0.4 is 10.00 Å². The van der Waals surface area contributed by atoms with Crippen molar-refractivity contribution in [3.8, 4) is 0 Å². The number of hydrogen-bond acceptors (Lipinski definition) is 5. The first kappa shape index (κ1) is 21.5. The molecule has 0 saturated heterocycles. The van der Waals surface area contributed by atoms with Gasteiger partial charge in [-0.1, -0.05) is 4.68 Å². The van der Waals surface area contributed by atoms with E-state index in [2.05, 4.69) is 15.5 Å². The van der Waals surface area contributed by atoms with E-state index in [-0.39, 0.29) is 18.9 Å². The predicted molar refractivity (Wildman–Crippen MR) is 81.5 cm³/mol. The summed E-state index contributed by atoms with van der Waals surface area (Å²) >= 11 is 0. The Balaban J connectivity index is 0.000000445. The first-order chi connectivity index (χ1) is 12.5. The van der Waals surface area contributed by atoms with Gasteiger partial charge < -0.3 is 15.5 Å². The third kappa shape index (κ3) is 7.50. The zero-order valence-corrected chi connectivity index (χ0v) is 13.8. The Morgan fingerprint density at radius 1 is 1.26 bits per heavy atom. The molecule has 10 nitrogen and oxygen atoms in total. The number of nitrogens with zero attached hydrogens (tertiary/aromatic N) is 4. The molecule has 1 amide bonds. The molecule has 0 aliphatic heterocycles. The van der Waals surface area contributed by atoms with Gasteiger partial charge in [0.2, 0.25) is 0 Å². The van der Waals surface area contributed by atoms with E-state index >= 15 is 0 Å². The van der Waals surface area contributed by atoms with Gasteiger partial charge in [0.15, 0.2) is 12.7 Å². The minimum atomic E-state index is -5.08. The van der Waals surface area contributed by atoms with Crippen LogP contribution in [0.3, 0.4) is 0 Å². The maximum atomic E-state index is 11.9. The molecule has 2 rings (SSSR count). The molecule has 0 spiro atoms. The summed E-state index contributed by atoms with van der Waals surface area (Å²) in [7, 11) is 1.72. The van der Waals surface area contributed by atoms with Gasteiger partial charge in [0.05, 0.1) is 11.8 Å². The van der Waals surface area contributed by atoms with Crippen molar-refractivity contribution in [3.05, 3.63) is 36.3 Å². The lowest BCUT2D eigenvalue weighted by Gasteiger charge is -2.03. The topological polar surface area (TPSA) is 138 Å². The lowest BCUT2D eigenvalue weighted by Crippen LogP contribution is -2.38. The molecule has 0 radical (unpaired) electrons. The molecule has 27 heavy (non-hydrogen) atoms. The Morgan fingerprint density at radius 2 is 1.89 bits per heavy atom. The lowest BCUT2D eigenvalue weighted by molar-refractivity contribution is -0.753. The summed E-state index contributed by atoms with van der Waals surface area (Å²) in [5.74, 6) is -3.37. The molecule has 0 atom stereocenters. The van der Waals surface area contributed by atoms with Crippen molar-refractivity contribution in [2.75, 3.05) is 5.32 Å². The van der Waals surface area contributed by atoms with Crippen LogP contribution in [0.15, 0.2) is 30.7 Å².